The van der Waals surface area contributed by atoms with Gasteiger partial charge in [-0.3, -0.25) is 9.78 Å². The number of hydrogen-bond donors (Lipinski definition) is 3. The van der Waals surface area contributed by atoms with Gasteiger partial charge in [0, 0.05) is 29.1 Å². The summed E-state index contributed by atoms with van der Waals surface area (Å²) in [7, 11) is 0. The second-order valence-corrected chi connectivity index (χ2v) is 10.6. The van der Waals surface area contributed by atoms with E-state index in [0.717, 1.165) is 53.4 Å². The number of carbonyl (C=O) groups excluding carboxylic acids is 1. The van der Waals surface area contributed by atoms with E-state index in [1.807, 2.05) is 24.4 Å². The first-order chi connectivity index (χ1) is 17.4. The Morgan fingerprint density at radius 1 is 1.08 bits per heavy atom. The quantitative estimate of drug-likeness (QED) is 0.343. The lowest BCUT2D eigenvalue weighted by Crippen LogP contribution is -2.46. The fourth-order valence-electron chi connectivity index (χ4n) is 6.01. The van der Waals surface area contributed by atoms with Crippen LogP contribution in [0.2, 0.25) is 0 Å². The second-order valence-electron chi connectivity index (χ2n) is 10.6. The first-order valence-corrected chi connectivity index (χ1v) is 13.0. The van der Waals surface area contributed by atoms with E-state index in [2.05, 4.69) is 28.3 Å². The van der Waals surface area contributed by atoms with Gasteiger partial charge in [0.1, 0.15) is 11.6 Å². The summed E-state index contributed by atoms with van der Waals surface area (Å²) >= 11 is 0. The number of aromatic nitrogens is 3. The number of pyridine rings is 1. The zero-order valence-corrected chi connectivity index (χ0v) is 20.4. The lowest BCUT2D eigenvalue weighted by atomic mass is 9.73. The highest BCUT2D eigenvalue weighted by molar-refractivity contribution is 5.97. The highest BCUT2D eigenvalue weighted by Crippen LogP contribution is 2.43. The standard InChI is InChI=1S/C29H31FN4O2/c1-16(17-2-4-18(5-3-17)23-10-11-31-25-9-7-20(30)13-24(23)25)28-33-26-8-6-19(12-27(26)34-28)29(36)32-21-14-22(35)15-21/h6-13,16-18,21-22,35H,2-5,14-15H2,1H3,(H,32,36)(H,33,34)/t16-,17?,18?,21?,22?/m1/s1. The van der Waals surface area contributed by atoms with E-state index < -0.39 is 0 Å². The van der Waals surface area contributed by atoms with Crippen LogP contribution in [0.3, 0.4) is 0 Å². The number of H-pyrrole nitrogens is 1. The predicted molar refractivity (Wildman–Crippen MR) is 137 cm³/mol. The van der Waals surface area contributed by atoms with Gasteiger partial charge in [-0.05, 0) is 98.4 Å². The normalized spacial score (nSPS) is 25.0. The van der Waals surface area contributed by atoms with E-state index in [9.17, 15) is 14.3 Å². The maximum absolute atomic E-state index is 13.9. The SMILES string of the molecule is C[C@@H](c1nc2ccc(C(=O)NC3CC(O)C3)cc2[nH]1)C1CCC(c2ccnc3ccc(F)cc23)CC1. The molecule has 6 nitrogen and oxygen atoms in total. The minimum atomic E-state index is -0.295. The number of halogens is 1. The largest absolute Gasteiger partial charge is 0.393 e. The summed E-state index contributed by atoms with van der Waals surface area (Å²) in [5.41, 5.74) is 4.40. The van der Waals surface area contributed by atoms with Crippen LogP contribution < -0.4 is 5.32 Å². The molecule has 1 amide bonds. The zero-order valence-electron chi connectivity index (χ0n) is 20.4. The molecule has 1 atom stereocenters. The van der Waals surface area contributed by atoms with Gasteiger partial charge in [-0.15, -0.1) is 0 Å². The Hall–Kier alpha value is -3.32. The summed E-state index contributed by atoms with van der Waals surface area (Å²) in [5, 5.41) is 13.4. The summed E-state index contributed by atoms with van der Waals surface area (Å²) in [6.07, 6.45) is 7.08. The molecule has 3 N–H and O–H groups in total. The molecule has 0 radical (unpaired) electrons. The van der Waals surface area contributed by atoms with Crippen molar-refractivity contribution in [1.29, 1.82) is 0 Å². The molecule has 2 aromatic heterocycles. The average molecular weight is 487 g/mol. The molecule has 0 unspecified atom stereocenters. The van der Waals surface area contributed by atoms with E-state index in [4.69, 9.17) is 4.98 Å². The van der Waals surface area contributed by atoms with Crippen LogP contribution in [0.5, 0.6) is 0 Å². The van der Waals surface area contributed by atoms with Crippen molar-refractivity contribution in [2.45, 2.75) is 69.4 Å². The monoisotopic (exact) mass is 486 g/mol. The Morgan fingerprint density at radius 3 is 2.64 bits per heavy atom. The summed E-state index contributed by atoms with van der Waals surface area (Å²) in [5.74, 6) is 1.84. The van der Waals surface area contributed by atoms with Crippen LogP contribution in [-0.2, 0) is 0 Å². The summed E-state index contributed by atoms with van der Waals surface area (Å²) in [6.45, 7) is 2.23. The van der Waals surface area contributed by atoms with Gasteiger partial charge in [-0.2, -0.15) is 0 Å². The molecule has 4 aromatic rings. The van der Waals surface area contributed by atoms with Gasteiger partial charge < -0.3 is 15.4 Å². The molecule has 7 heteroatoms. The fraction of sp³-hybridized carbons (Fsp3) is 0.414. The molecule has 0 saturated heterocycles. The molecule has 2 fully saturated rings. The van der Waals surface area contributed by atoms with Crippen molar-refractivity contribution < 1.29 is 14.3 Å². The van der Waals surface area contributed by atoms with Crippen LogP contribution in [-0.4, -0.2) is 38.1 Å². The lowest BCUT2D eigenvalue weighted by molar-refractivity contribution is 0.0562. The summed E-state index contributed by atoms with van der Waals surface area (Å²) in [6, 6.07) is 12.5. The number of amides is 1. The molecule has 2 saturated carbocycles. The third-order valence-electron chi connectivity index (χ3n) is 8.30. The Kier molecular flexibility index (Phi) is 5.96. The average Bonchev–Trinajstić information content (AvgIpc) is 3.30. The van der Waals surface area contributed by atoms with E-state index in [1.165, 1.54) is 11.6 Å². The van der Waals surface area contributed by atoms with Gasteiger partial charge in [0.25, 0.3) is 5.91 Å². The van der Waals surface area contributed by atoms with Crippen molar-refractivity contribution in [3.63, 3.8) is 0 Å². The Balaban J connectivity index is 1.13. The van der Waals surface area contributed by atoms with Crippen LogP contribution in [0.1, 0.15) is 79.0 Å². The number of nitrogens with one attached hydrogen (secondary N) is 2. The number of aliphatic hydroxyl groups is 1. The Morgan fingerprint density at radius 2 is 1.86 bits per heavy atom. The Bertz CT molecular complexity index is 1420. The van der Waals surface area contributed by atoms with Crippen molar-refractivity contribution in [3.8, 4) is 0 Å². The number of aromatic amines is 1. The first kappa shape index (κ1) is 23.1. The highest BCUT2D eigenvalue weighted by Gasteiger charge is 2.30. The van der Waals surface area contributed by atoms with E-state index in [1.54, 1.807) is 12.1 Å². The molecule has 2 aliphatic rings. The molecule has 0 bridgehead atoms. The predicted octanol–water partition coefficient (Wildman–Crippen LogP) is 5.58. The van der Waals surface area contributed by atoms with Gasteiger partial charge in [0.15, 0.2) is 0 Å². The van der Waals surface area contributed by atoms with Gasteiger partial charge >= 0.3 is 0 Å². The summed E-state index contributed by atoms with van der Waals surface area (Å²) < 4.78 is 13.9. The van der Waals surface area contributed by atoms with Crippen molar-refractivity contribution >= 4 is 27.8 Å². The number of rotatable bonds is 5. The van der Waals surface area contributed by atoms with Gasteiger partial charge in [0.2, 0.25) is 0 Å². The maximum Gasteiger partial charge on any atom is 0.251 e. The minimum absolute atomic E-state index is 0.0554. The van der Waals surface area contributed by atoms with Crippen LogP contribution >= 0.6 is 0 Å². The van der Waals surface area contributed by atoms with Crippen molar-refractivity contribution in [2.75, 3.05) is 0 Å². The molecule has 6 rings (SSSR count). The van der Waals surface area contributed by atoms with Crippen molar-refractivity contribution in [1.82, 2.24) is 20.3 Å². The second kappa shape index (κ2) is 9.28. The number of fused-ring (bicyclic) bond motifs is 2. The van der Waals surface area contributed by atoms with Gasteiger partial charge in [0.05, 0.1) is 22.7 Å². The van der Waals surface area contributed by atoms with E-state index >= 15 is 0 Å². The van der Waals surface area contributed by atoms with Crippen LogP contribution in [0.25, 0.3) is 21.9 Å². The highest BCUT2D eigenvalue weighted by atomic mass is 19.1. The molecule has 36 heavy (non-hydrogen) atoms. The zero-order chi connectivity index (χ0) is 24.8. The lowest BCUT2D eigenvalue weighted by Gasteiger charge is -2.32. The number of benzene rings is 2. The molecular formula is C29H31FN4O2. The number of nitrogens with zero attached hydrogens (tertiary/aromatic N) is 2. The van der Waals surface area contributed by atoms with Gasteiger partial charge in [-0.1, -0.05) is 6.92 Å². The van der Waals surface area contributed by atoms with Crippen molar-refractivity contribution in [3.05, 3.63) is 71.4 Å². The van der Waals surface area contributed by atoms with Crippen LogP contribution in [0.15, 0.2) is 48.7 Å². The Labute approximate surface area is 209 Å². The smallest absolute Gasteiger partial charge is 0.251 e. The fourth-order valence-corrected chi connectivity index (χ4v) is 6.01. The number of carbonyl (C=O) groups is 1. The molecule has 186 valence electrons. The molecular weight excluding hydrogens is 455 g/mol. The number of hydrogen-bond acceptors (Lipinski definition) is 4. The molecule has 0 aliphatic heterocycles. The third-order valence-corrected chi connectivity index (χ3v) is 8.30. The van der Waals surface area contributed by atoms with E-state index in [0.29, 0.717) is 30.2 Å². The minimum Gasteiger partial charge on any atom is -0.393 e. The number of aliphatic hydroxyl groups excluding tert-OH is 1. The van der Waals surface area contributed by atoms with Gasteiger partial charge in [-0.25, -0.2) is 9.37 Å². The topological polar surface area (TPSA) is 90.9 Å². The molecule has 2 heterocycles. The third kappa shape index (κ3) is 4.37. The van der Waals surface area contributed by atoms with Crippen molar-refractivity contribution in [2.24, 2.45) is 5.92 Å². The van der Waals surface area contributed by atoms with E-state index in [-0.39, 0.29) is 29.8 Å². The first-order valence-electron chi connectivity index (χ1n) is 13.0. The summed E-state index contributed by atoms with van der Waals surface area (Å²) in [4.78, 5) is 25.3. The maximum atomic E-state index is 13.9. The van der Waals surface area contributed by atoms with Crippen LogP contribution in [0.4, 0.5) is 4.39 Å². The number of imidazole rings is 1. The molecule has 0 spiro atoms. The molecule has 2 aromatic carbocycles. The van der Waals surface area contributed by atoms with Crippen LogP contribution in [0, 0.1) is 11.7 Å². The molecule has 2 aliphatic carbocycles.